The molecular formula is C9H10F3NO7S. The van der Waals surface area contributed by atoms with Gasteiger partial charge in [0.25, 0.3) is 0 Å². The van der Waals surface area contributed by atoms with Crippen LogP contribution in [0.25, 0.3) is 0 Å². The van der Waals surface area contributed by atoms with Crippen LogP contribution in [0.2, 0.25) is 0 Å². The normalized spacial score (nSPS) is 23.4. The molecule has 1 aliphatic heterocycles. The minimum atomic E-state index is -6.04. The number of aliphatic carboxylic acids is 1. The molecule has 0 saturated carbocycles. The van der Waals surface area contributed by atoms with Gasteiger partial charge in [-0.05, 0) is 13.0 Å². The van der Waals surface area contributed by atoms with Crippen LogP contribution in [0.4, 0.5) is 18.0 Å². The van der Waals surface area contributed by atoms with Crippen molar-refractivity contribution in [2.24, 2.45) is 5.41 Å². The van der Waals surface area contributed by atoms with Gasteiger partial charge in [-0.1, -0.05) is 0 Å². The number of halogens is 3. The highest BCUT2D eigenvalue weighted by Crippen LogP contribution is 2.37. The first kappa shape index (κ1) is 17.1. The van der Waals surface area contributed by atoms with Crippen molar-refractivity contribution >= 4 is 22.2 Å². The second-order valence-corrected chi connectivity index (χ2v) is 5.89. The Morgan fingerprint density at radius 2 is 1.90 bits per heavy atom. The molecule has 0 spiro atoms. The number of carbonyl (C=O) groups is 2. The van der Waals surface area contributed by atoms with Crippen molar-refractivity contribution in [1.29, 1.82) is 0 Å². The van der Waals surface area contributed by atoms with E-state index in [4.69, 9.17) is 10.2 Å². The minimum absolute atomic E-state index is 0.499. The standard InChI is InChI=1S/C9H10F3NO7S/c1-8(6(14)15)4-13(7(16)17)3-2-5(8)20-21(18,19)9(10,11)12/h2H,3-4H2,1H3,(H,14,15)(H,16,17). The predicted octanol–water partition coefficient (Wildman–Crippen LogP) is 0.821. The average Bonchev–Trinajstić information content (AvgIpc) is 2.29. The number of nitrogens with zero attached hydrogens (tertiary/aromatic N) is 1. The number of amides is 1. The summed E-state index contributed by atoms with van der Waals surface area (Å²) in [6.45, 7) is -0.389. The van der Waals surface area contributed by atoms with Gasteiger partial charge in [0.1, 0.15) is 11.2 Å². The highest BCUT2D eigenvalue weighted by Gasteiger charge is 2.53. The summed E-state index contributed by atoms with van der Waals surface area (Å²) in [6.07, 6.45) is -0.828. The molecule has 8 nitrogen and oxygen atoms in total. The Morgan fingerprint density at radius 1 is 1.38 bits per heavy atom. The molecule has 2 N–H and O–H groups in total. The van der Waals surface area contributed by atoms with Crippen molar-refractivity contribution in [1.82, 2.24) is 4.90 Å². The van der Waals surface area contributed by atoms with Gasteiger partial charge in [0.2, 0.25) is 0 Å². The van der Waals surface area contributed by atoms with Crippen LogP contribution in [0.15, 0.2) is 11.8 Å². The summed E-state index contributed by atoms with van der Waals surface area (Å²) in [5.41, 5.74) is -7.98. The molecule has 0 aliphatic carbocycles. The Hall–Kier alpha value is -1.98. The van der Waals surface area contributed by atoms with E-state index in [0.29, 0.717) is 11.0 Å². The van der Waals surface area contributed by atoms with E-state index in [0.717, 1.165) is 6.92 Å². The van der Waals surface area contributed by atoms with Crippen molar-refractivity contribution in [3.8, 4) is 0 Å². The lowest BCUT2D eigenvalue weighted by Gasteiger charge is -2.35. The number of rotatable bonds is 3. The third kappa shape index (κ3) is 3.20. The molecule has 1 heterocycles. The Balaban J connectivity index is 3.21. The van der Waals surface area contributed by atoms with Crippen molar-refractivity contribution in [3.05, 3.63) is 11.8 Å². The van der Waals surface area contributed by atoms with E-state index in [1.54, 1.807) is 0 Å². The fourth-order valence-electron chi connectivity index (χ4n) is 1.55. The number of hydrogen-bond acceptors (Lipinski definition) is 5. The van der Waals surface area contributed by atoms with Crippen LogP contribution in [0, 0.1) is 5.41 Å². The maximum absolute atomic E-state index is 12.3. The molecule has 12 heteroatoms. The van der Waals surface area contributed by atoms with E-state index in [2.05, 4.69) is 4.18 Å². The first-order valence-electron chi connectivity index (χ1n) is 5.24. The highest BCUT2D eigenvalue weighted by atomic mass is 32.2. The number of hydrogen-bond donors (Lipinski definition) is 2. The quantitative estimate of drug-likeness (QED) is 0.579. The summed E-state index contributed by atoms with van der Waals surface area (Å²) < 4.78 is 62.5. The zero-order chi connectivity index (χ0) is 16.6. The summed E-state index contributed by atoms with van der Waals surface area (Å²) in [5.74, 6) is -2.71. The lowest BCUT2D eigenvalue weighted by Crippen LogP contribution is -2.49. The first-order chi connectivity index (χ1) is 9.31. The topological polar surface area (TPSA) is 121 Å². The van der Waals surface area contributed by atoms with Gasteiger partial charge in [-0.3, -0.25) is 4.79 Å². The fraction of sp³-hybridized carbons (Fsp3) is 0.556. The Bertz CT molecular complexity index is 597. The molecule has 0 radical (unpaired) electrons. The van der Waals surface area contributed by atoms with E-state index >= 15 is 0 Å². The number of carboxylic acids is 1. The molecule has 1 aliphatic rings. The first-order valence-corrected chi connectivity index (χ1v) is 6.65. The van der Waals surface area contributed by atoms with Crippen LogP contribution < -0.4 is 0 Å². The smallest absolute Gasteiger partial charge is 0.480 e. The van der Waals surface area contributed by atoms with Gasteiger partial charge < -0.3 is 19.3 Å². The van der Waals surface area contributed by atoms with E-state index in [9.17, 15) is 31.2 Å². The third-order valence-corrected chi connectivity index (χ3v) is 3.74. The predicted molar refractivity (Wildman–Crippen MR) is 59.5 cm³/mol. The molecule has 1 rings (SSSR count). The van der Waals surface area contributed by atoms with Crippen LogP contribution in [0.1, 0.15) is 6.92 Å². The van der Waals surface area contributed by atoms with Gasteiger partial charge in [-0.15, -0.1) is 0 Å². The molecule has 0 aromatic rings. The summed E-state index contributed by atoms with van der Waals surface area (Å²) >= 11 is 0. The van der Waals surface area contributed by atoms with Gasteiger partial charge in [0.15, 0.2) is 0 Å². The molecule has 0 aromatic carbocycles. The van der Waals surface area contributed by atoms with E-state index < -0.39 is 52.0 Å². The van der Waals surface area contributed by atoms with E-state index in [1.165, 1.54) is 0 Å². The van der Waals surface area contributed by atoms with Crippen LogP contribution in [0.3, 0.4) is 0 Å². The van der Waals surface area contributed by atoms with Gasteiger partial charge in [-0.2, -0.15) is 21.6 Å². The van der Waals surface area contributed by atoms with Gasteiger partial charge in [-0.25, -0.2) is 4.79 Å². The maximum Gasteiger partial charge on any atom is 0.534 e. The van der Waals surface area contributed by atoms with Crippen LogP contribution in [0.5, 0.6) is 0 Å². The molecular weight excluding hydrogens is 323 g/mol. The lowest BCUT2D eigenvalue weighted by molar-refractivity contribution is -0.148. The summed E-state index contributed by atoms with van der Waals surface area (Å²) in [7, 11) is -6.04. The van der Waals surface area contributed by atoms with Gasteiger partial charge in [0.05, 0.1) is 0 Å². The molecule has 120 valence electrons. The monoisotopic (exact) mass is 333 g/mol. The number of carboxylic acid groups (broad SMARTS) is 2. The SMILES string of the molecule is CC1(C(=O)O)CN(C(=O)O)CC=C1OS(=O)(=O)C(F)(F)F. The van der Waals surface area contributed by atoms with Crippen molar-refractivity contribution in [2.45, 2.75) is 12.4 Å². The second kappa shape index (κ2) is 5.09. The largest absolute Gasteiger partial charge is 0.534 e. The van der Waals surface area contributed by atoms with Crippen molar-refractivity contribution in [3.63, 3.8) is 0 Å². The van der Waals surface area contributed by atoms with Crippen LogP contribution in [-0.2, 0) is 19.1 Å². The third-order valence-electron chi connectivity index (χ3n) is 2.77. The summed E-state index contributed by atoms with van der Waals surface area (Å²) in [5, 5.41) is 17.8. The van der Waals surface area contributed by atoms with Crippen molar-refractivity contribution < 1.29 is 45.6 Å². The number of alkyl halides is 3. The highest BCUT2D eigenvalue weighted by molar-refractivity contribution is 7.87. The molecule has 0 aromatic heterocycles. The maximum atomic E-state index is 12.3. The zero-order valence-corrected chi connectivity index (χ0v) is 11.2. The Kier molecular flexibility index (Phi) is 4.14. The molecule has 0 bridgehead atoms. The summed E-state index contributed by atoms with van der Waals surface area (Å²) in [4.78, 5) is 22.6. The van der Waals surface area contributed by atoms with Crippen LogP contribution in [-0.4, -0.2) is 54.2 Å². The van der Waals surface area contributed by atoms with Gasteiger partial charge >= 0.3 is 27.7 Å². The fourth-order valence-corrected chi connectivity index (χ4v) is 2.14. The van der Waals surface area contributed by atoms with E-state index in [-0.39, 0.29) is 0 Å². The van der Waals surface area contributed by atoms with Crippen molar-refractivity contribution in [2.75, 3.05) is 13.1 Å². The van der Waals surface area contributed by atoms with E-state index in [1.807, 2.05) is 0 Å². The Morgan fingerprint density at radius 3 is 2.29 bits per heavy atom. The molecule has 0 fully saturated rings. The molecule has 0 saturated heterocycles. The second-order valence-electron chi connectivity index (χ2n) is 4.35. The average molecular weight is 333 g/mol. The molecule has 1 atom stereocenters. The molecule has 1 amide bonds. The van der Waals surface area contributed by atoms with Gasteiger partial charge in [0, 0.05) is 13.1 Å². The van der Waals surface area contributed by atoms with Crippen LogP contribution >= 0.6 is 0 Å². The Labute approximate surface area is 116 Å². The summed E-state index contributed by atoms with van der Waals surface area (Å²) in [6, 6.07) is 0. The zero-order valence-electron chi connectivity index (χ0n) is 10.4. The molecule has 1 unspecified atom stereocenters. The minimum Gasteiger partial charge on any atom is -0.480 e. The lowest BCUT2D eigenvalue weighted by atomic mass is 9.85. The molecule has 21 heavy (non-hydrogen) atoms.